The van der Waals surface area contributed by atoms with E-state index in [1.807, 2.05) is 0 Å². The van der Waals surface area contributed by atoms with E-state index in [4.69, 9.17) is 4.55 Å². The number of azo groups is 1. The van der Waals surface area contributed by atoms with Crippen LogP contribution in [-0.2, 0) is 10.1 Å². The minimum absolute atomic E-state index is 0.137. The quantitative estimate of drug-likeness (QED) is 0.416. The molecule has 3 rings (SSSR count). The van der Waals surface area contributed by atoms with Gasteiger partial charge in [-0.1, -0.05) is 24.3 Å². The van der Waals surface area contributed by atoms with E-state index in [1.165, 1.54) is 36.4 Å². The van der Waals surface area contributed by atoms with Gasteiger partial charge in [0.15, 0.2) is 0 Å². The lowest BCUT2D eigenvalue weighted by Gasteiger charge is -2.05. The molecule has 0 bridgehead atoms. The van der Waals surface area contributed by atoms with Crippen molar-refractivity contribution >= 4 is 38.6 Å². The van der Waals surface area contributed by atoms with E-state index in [1.54, 1.807) is 18.2 Å². The summed E-state index contributed by atoms with van der Waals surface area (Å²) in [6.45, 7) is 0. The summed E-state index contributed by atoms with van der Waals surface area (Å²) in [7, 11) is -4.33. The Kier molecular flexibility index (Phi) is 4.30. The van der Waals surface area contributed by atoms with Gasteiger partial charge in [0.1, 0.15) is 17.7 Å². The molecule has 0 heterocycles. The largest absolute Gasteiger partial charge is 0.506 e. The van der Waals surface area contributed by atoms with Crippen LogP contribution < -0.4 is 0 Å². The van der Waals surface area contributed by atoms with Crippen LogP contribution >= 0.6 is 0 Å². The summed E-state index contributed by atoms with van der Waals surface area (Å²) in [5, 5.41) is 19.0. The van der Waals surface area contributed by atoms with Crippen LogP contribution in [0, 0.1) is 0 Å². The molecule has 8 heteroatoms. The van der Waals surface area contributed by atoms with Gasteiger partial charge in [-0.15, -0.1) is 5.11 Å². The maximum Gasteiger partial charge on any atom is 0.294 e. The molecule has 0 atom stereocenters. The highest BCUT2D eigenvalue weighted by molar-refractivity contribution is 7.85. The van der Waals surface area contributed by atoms with Gasteiger partial charge in [0.25, 0.3) is 10.1 Å². The minimum Gasteiger partial charge on any atom is -0.506 e. The molecule has 7 nitrogen and oxygen atoms in total. The fourth-order valence-corrected chi connectivity index (χ4v) is 2.83. The van der Waals surface area contributed by atoms with E-state index in [2.05, 4.69) is 10.2 Å². The van der Waals surface area contributed by atoms with Crippen molar-refractivity contribution in [3.8, 4) is 5.75 Å². The molecule has 0 aromatic heterocycles. The standard InChI is InChI=1S/C17H12N2O5S/c20-10-11-2-1-3-13(8-11)18-19-17-15-6-5-14(25(22,23)24)9-12(15)4-7-16(17)21/h1-10,21H,(H,22,23,24). The van der Waals surface area contributed by atoms with E-state index in [-0.39, 0.29) is 16.3 Å². The zero-order valence-corrected chi connectivity index (χ0v) is 13.5. The van der Waals surface area contributed by atoms with Gasteiger partial charge >= 0.3 is 0 Å². The van der Waals surface area contributed by atoms with Crippen molar-refractivity contribution in [3.05, 3.63) is 60.2 Å². The zero-order valence-electron chi connectivity index (χ0n) is 12.7. The van der Waals surface area contributed by atoms with Crippen molar-refractivity contribution in [1.82, 2.24) is 0 Å². The van der Waals surface area contributed by atoms with Crippen LogP contribution in [0.3, 0.4) is 0 Å². The Labute approximate surface area is 143 Å². The van der Waals surface area contributed by atoms with Crippen molar-refractivity contribution in [2.75, 3.05) is 0 Å². The predicted octanol–water partition coefficient (Wildman–Crippen LogP) is 4.02. The summed E-state index contributed by atoms with van der Waals surface area (Å²) in [6.07, 6.45) is 0.686. The SMILES string of the molecule is O=Cc1cccc(N=Nc2c(O)ccc3cc(S(=O)(=O)O)ccc23)c1. The third-order valence-corrected chi connectivity index (χ3v) is 4.36. The smallest absolute Gasteiger partial charge is 0.294 e. The summed E-state index contributed by atoms with van der Waals surface area (Å²) in [5.41, 5.74) is 1.02. The van der Waals surface area contributed by atoms with E-state index in [0.717, 1.165) is 0 Å². The summed E-state index contributed by atoms with van der Waals surface area (Å²) >= 11 is 0. The molecule has 126 valence electrons. The Morgan fingerprint density at radius 1 is 0.960 bits per heavy atom. The molecule has 3 aromatic rings. The lowest BCUT2D eigenvalue weighted by Crippen LogP contribution is -1.97. The fourth-order valence-electron chi connectivity index (χ4n) is 2.31. The number of phenols is 1. The molecule has 25 heavy (non-hydrogen) atoms. The molecule has 0 aliphatic heterocycles. The van der Waals surface area contributed by atoms with E-state index in [9.17, 15) is 18.3 Å². The minimum atomic E-state index is -4.33. The second-order valence-corrected chi connectivity index (χ2v) is 6.63. The fraction of sp³-hybridized carbons (Fsp3) is 0. The van der Waals surface area contributed by atoms with E-state index >= 15 is 0 Å². The summed E-state index contributed by atoms with van der Waals surface area (Å²) in [6, 6.07) is 13.2. The van der Waals surface area contributed by atoms with Crippen LogP contribution in [0.15, 0.2) is 69.7 Å². The third-order valence-electron chi connectivity index (χ3n) is 3.51. The molecule has 0 spiro atoms. The number of rotatable bonds is 4. The molecule has 2 N–H and O–H groups in total. The van der Waals surface area contributed by atoms with E-state index in [0.29, 0.717) is 28.3 Å². The number of hydrogen-bond donors (Lipinski definition) is 2. The second kappa shape index (κ2) is 6.42. The highest BCUT2D eigenvalue weighted by atomic mass is 32.2. The number of nitrogens with zero attached hydrogens (tertiary/aromatic N) is 2. The van der Waals surface area contributed by atoms with Crippen LogP contribution in [0.1, 0.15) is 10.4 Å². The molecule has 0 unspecified atom stereocenters. The molecular formula is C17H12N2O5S. The van der Waals surface area contributed by atoms with Crippen LogP contribution in [0.25, 0.3) is 10.8 Å². The molecule has 0 fully saturated rings. The average molecular weight is 356 g/mol. The molecule has 3 aromatic carbocycles. The number of aldehydes is 1. The number of phenolic OH excluding ortho intramolecular Hbond substituents is 1. The molecule has 0 aliphatic carbocycles. The van der Waals surface area contributed by atoms with Crippen LogP contribution in [0.2, 0.25) is 0 Å². The third kappa shape index (κ3) is 3.54. The number of hydrogen-bond acceptors (Lipinski definition) is 6. The molecule has 0 saturated carbocycles. The summed E-state index contributed by atoms with van der Waals surface area (Å²) < 4.78 is 31.6. The maximum absolute atomic E-state index is 11.2. The number of fused-ring (bicyclic) bond motifs is 1. The predicted molar refractivity (Wildman–Crippen MR) is 91.4 cm³/mol. The van der Waals surface area contributed by atoms with Crippen LogP contribution in [0.4, 0.5) is 11.4 Å². The van der Waals surface area contributed by atoms with Gasteiger partial charge in [-0.3, -0.25) is 9.35 Å². The Balaban J connectivity index is 2.10. The van der Waals surface area contributed by atoms with E-state index < -0.39 is 10.1 Å². The van der Waals surface area contributed by atoms with Gasteiger partial charge < -0.3 is 5.11 Å². The first-order valence-corrected chi connectivity index (χ1v) is 8.53. The van der Waals surface area contributed by atoms with Crippen molar-refractivity contribution in [2.45, 2.75) is 4.90 Å². The summed E-state index contributed by atoms with van der Waals surface area (Å²) in [4.78, 5) is 10.5. The maximum atomic E-state index is 11.2. The first-order valence-electron chi connectivity index (χ1n) is 7.09. The van der Waals surface area contributed by atoms with Gasteiger partial charge in [0.2, 0.25) is 0 Å². The van der Waals surface area contributed by atoms with Gasteiger partial charge in [-0.05, 0) is 35.7 Å². The first-order chi connectivity index (χ1) is 11.9. The number of benzene rings is 3. The van der Waals surface area contributed by atoms with Gasteiger partial charge in [0.05, 0.1) is 10.6 Å². The highest BCUT2D eigenvalue weighted by Crippen LogP contribution is 2.37. The zero-order chi connectivity index (χ0) is 18.0. The Morgan fingerprint density at radius 3 is 2.48 bits per heavy atom. The van der Waals surface area contributed by atoms with Crippen molar-refractivity contribution < 1.29 is 22.9 Å². The van der Waals surface area contributed by atoms with Gasteiger partial charge in [0, 0.05) is 10.9 Å². The van der Waals surface area contributed by atoms with Crippen molar-refractivity contribution in [1.29, 1.82) is 0 Å². The van der Waals surface area contributed by atoms with Crippen LogP contribution in [0.5, 0.6) is 5.75 Å². The lowest BCUT2D eigenvalue weighted by molar-refractivity contribution is 0.112. The second-order valence-electron chi connectivity index (χ2n) is 5.20. The van der Waals surface area contributed by atoms with Crippen molar-refractivity contribution in [2.24, 2.45) is 10.2 Å². The van der Waals surface area contributed by atoms with Gasteiger partial charge in [-0.2, -0.15) is 13.5 Å². The molecular weight excluding hydrogens is 344 g/mol. The van der Waals surface area contributed by atoms with Gasteiger partial charge in [-0.25, -0.2) is 0 Å². The molecule has 0 radical (unpaired) electrons. The Morgan fingerprint density at radius 2 is 1.76 bits per heavy atom. The highest BCUT2D eigenvalue weighted by Gasteiger charge is 2.13. The lowest BCUT2D eigenvalue weighted by atomic mass is 10.1. The topological polar surface area (TPSA) is 116 Å². The normalized spacial score (nSPS) is 11.9. The number of carbonyl (C=O) groups excluding carboxylic acids is 1. The number of carbonyl (C=O) groups is 1. The first kappa shape index (κ1) is 16.7. The Hall–Kier alpha value is -3.10. The Bertz CT molecular complexity index is 1110. The number of aromatic hydroxyl groups is 1. The van der Waals surface area contributed by atoms with Crippen molar-refractivity contribution in [3.63, 3.8) is 0 Å². The molecule has 0 saturated heterocycles. The summed E-state index contributed by atoms with van der Waals surface area (Å²) in [5.74, 6) is -0.137. The average Bonchev–Trinajstić information content (AvgIpc) is 2.60. The monoisotopic (exact) mass is 356 g/mol. The molecule has 0 amide bonds. The molecule has 0 aliphatic rings. The van der Waals surface area contributed by atoms with Crippen LogP contribution in [-0.4, -0.2) is 24.4 Å².